The maximum absolute atomic E-state index is 12.8. The van der Waals surface area contributed by atoms with Crippen LogP contribution < -0.4 is 10.6 Å². The van der Waals surface area contributed by atoms with Crippen LogP contribution >= 0.6 is 22.7 Å². The molecule has 1 unspecified atom stereocenters. The fourth-order valence-corrected chi connectivity index (χ4v) is 5.03. The van der Waals surface area contributed by atoms with E-state index in [1.807, 2.05) is 22.9 Å². The number of amides is 3. The Balaban J connectivity index is 1.41. The zero-order valence-corrected chi connectivity index (χ0v) is 20.3. The number of aromatic nitrogens is 1. The van der Waals surface area contributed by atoms with Gasteiger partial charge in [0.25, 0.3) is 0 Å². The third-order valence-electron chi connectivity index (χ3n) is 4.85. The number of likely N-dealkylation sites (tertiary alicyclic amines) is 1. The smallest absolute Gasteiger partial charge is 0.407 e. The fraction of sp³-hybridized carbons (Fsp3) is 0.545. The van der Waals surface area contributed by atoms with E-state index in [1.165, 1.54) is 0 Å². The third kappa shape index (κ3) is 7.30. The van der Waals surface area contributed by atoms with Crippen molar-refractivity contribution < 1.29 is 19.1 Å². The summed E-state index contributed by atoms with van der Waals surface area (Å²) in [6, 6.07) is 4.00. The normalized spacial score (nSPS) is 16.5. The Morgan fingerprint density at radius 1 is 1.22 bits per heavy atom. The van der Waals surface area contributed by atoms with E-state index in [2.05, 4.69) is 15.6 Å². The Morgan fingerprint density at radius 3 is 2.72 bits per heavy atom. The van der Waals surface area contributed by atoms with Gasteiger partial charge in [-0.1, -0.05) is 6.07 Å². The molecule has 1 aliphatic heterocycles. The monoisotopic (exact) mass is 478 g/mol. The average molecular weight is 479 g/mol. The molecule has 3 rings (SSSR count). The zero-order valence-electron chi connectivity index (χ0n) is 18.7. The highest BCUT2D eigenvalue weighted by Gasteiger charge is 2.28. The molecule has 32 heavy (non-hydrogen) atoms. The second-order valence-electron chi connectivity index (χ2n) is 8.70. The minimum atomic E-state index is -0.560. The quantitative estimate of drug-likeness (QED) is 0.595. The molecule has 1 saturated heterocycles. The summed E-state index contributed by atoms with van der Waals surface area (Å²) in [6.45, 7) is 7.04. The molecular formula is C22H30N4O4S2. The standard InChI is InChI=1S/C22H30N4O4S2/c1-22(2,3)30-21(29)24-9-8-23-19(28)15-6-4-10-26(13-15)18(27)12-16-14-32-20(25-16)17-7-5-11-31-17/h5,7,11,14-15H,4,6,8-10,12-13H2,1-3H3,(H,23,28)(H,24,29). The number of rotatable bonds is 7. The zero-order chi connectivity index (χ0) is 23.1. The van der Waals surface area contributed by atoms with Crippen LogP contribution in [0.1, 0.15) is 39.3 Å². The summed E-state index contributed by atoms with van der Waals surface area (Å²) < 4.78 is 5.16. The predicted molar refractivity (Wildman–Crippen MR) is 126 cm³/mol. The number of nitrogens with one attached hydrogen (secondary N) is 2. The molecule has 1 atom stereocenters. The second-order valence-corrected chi connectivity index (χ2v) is 10.5. The molecule has 2 N–H and O–H groups in total. The number of carbonyl (C=O) groups excluding carboxylic acids is 3. The van der Waals surface area contributed by atoms with E-state index in [0.717, 1.165) is 28.4 Å². The van der Waals surface area contributed by atoms with E-state index in [4.69, 9.17) is 4.74 Å². The number of hydrogen-bond donors (Lipinski definition) is 2. The first-order valence-corrected chi connectivity index (χ1v) is 12.5. The van der Waals surface area contributed by atoms with Crippen LogP contribution in [0.15, 0.2) is 22.9 Å². The van der Waals surface area contributed by atoms with Crippen LogP contribution in [0.4, 0.5) is 4.79 Å². The molecule has 0 spiro atoms. The van der Waals surface area contributed by atoms with E-state index in [-0.39, 0.29) is 30.7 Å². The first-order valence-electron chi connectivity index (χ1n) is 10.7. The number of thiophene rings is 1. The van der Waals surface area contributed by atoms with Gasteiger partial charge in [-0.3, -0.25) is 9.59 Å². The number of alkyl carbamates (subject to hydrolysis) is 1. The summed E-state index contributed by atoms with van der Waals surface area (Å²) in [5, 5.41) is 10.3. The lowest BCUT2D eigenvalue weighted by atomic mass is 9.96. The lowest BCUT2D eigenvalue weighted by Gasteiger charge is -2.32. The molecule has 0 saturated carbocycles. The molecule has 0 radical (unpaired) electrons. The Kier molecular flexibility index (Phi) is 8.25. The Bertz CT molecular complexity index is 921. The summed E-state index contributed by atoms with van der Waals surface area (Å²) in [5.41, 5.74) is 0.207. The summed E-state index contributed by atoms with van der Waals surface area (Å²) >= 11 is 3.17. The van der Waals surface area contributed by atoms with Crippen molar-refractivity contribution in [1.29, 1.82) is 0 Å². The van der Waals surface area contributed by atoms with Gasteiger partial charge in [0.05, 0.1) is 22.9 Å². The summed E-state index contributed by atoms with van der Waals surface area (Å²) in [5.74, 6) is -0.342. The van der Waals surface area contributed by atoms with Gasteiger partial charge in [-0.05, 0) is 45.1 Å². The van der Waals surface area contributed by atoms with Crippen molar-refractivity contribution in [2.24, 2.45) is 5.92 Å². The third-order valence-corrected chi connectivity index (χ3v) is 6.78. The Hall–Kier alpha value is -2.46. The molecule has 1 fully saturated rings. The largest absolute Gasteiger partial charge is 0.444 e. The van der Waals surface area contributed by atoms with Crippen molar-refractivity contribution in [3.05, 3.63) is 28.6 Å². The fourth-order valence-electron chi connectivity index (χ4n) is 3.39. The minimum absolute atomic E-state index is 0.00266. The van der Waals surface area contributed by atoms with Gasteiger partial charge in [0.2, 0.25) is 11.8 Å². The van der Waals surface area contributed by atoms with Crippen LogP contribution in [0.5, 0.6) is 0 Å². The van der Waals surface area contributed by atoms with Crippen LogP contribution in [0.2, 0.25) is 0 Å². The molecular weight excluding hydrogens is 448 g/mol. The number of carbonyl (C=O) groups is 3. The van der Waals surface area contributed by atoms with E-state index in [1.54, 1.807) is 48.3 Å². The lowest BCUT2D eigenvalue weighted by Crippen LogP contribution is -2.47. The van der Waals surface area contributed by atoms with Gasteiger partial charge >= 0.3 is 6.09 Å². The maximum atomic E-state index is 12.8. The summed E-state index contributed by atoms with van der Waals surface area (Å²) in [6.07, 6.45) is 1.27. The van der Waals surface area contributed by atoms with Crippen LogP contribution in [0.25, 0.3) is 9.88 Å². The van der Waals surface area contributed by atoms with Crippen LogP contribution in [-0.4, -0.2) is 59.6 Å². The first kappa shape index (κ1) is 24.2. The molecule has 174 valence electrons. The van der Waals surface area contributed by atoms with E-state index in [0.29, 0.717) is 19.6 Å². The van der Waals surface area contributed by atoms with E-state index < -0.39 is 11.7 Å². The van der Waals surface area contributed by atoms with E-state index >= 15 is 0 Å². The van der Waals surface area contributed by atoms with Gasteiger partial charge in [0, 0.05) is 31.6 Å². The van der Waals surface area contributed by atoms with Crippen molar-refractivity contribution in [1.82, 2.24) is 20.5 Å². The van der Waals surface area contributed by atoms with Gasteiger partial charge < -0.3 is 20.3 Å². The number of ether oxygens (including phenoxy) is 1. The highest BCUT2D eigenvalue weighted by atomic mass is 32.1. The number of piperidine rings is 1. The number of thiazole rings is 1. The van der Waals surface area contributed by atoms with Crippen LogP contribution in [0, 0.1) is 5.92 Å². The summed E-state index contributed by atoms with van der Waals surface area (Å²) in [7, 11) is 0. The van der Waals surface area contributed by atoms with Gasteiger partial charge in [-0.2, -0.15) is 0 Å². The molecule has 3 heterocycles. The minimum Gasteiger partial charge on any atom is -0.444 e. The van der Waals surface area contributed by atoms with Crippen molar-refractivity contribution in [2.45, 2.75) is 45.6 Å². The molecule has 2 aromatic heterocycles. The Morgan fingerprint density at radius 2 is 2.00 bits per heavy atom. The topological polar surface area (TPSA) is 101 Å². The molecule has 2 aromatic rings. The molecule has 0 aliphatic carbocycles. The predicted octanol–water partition coefficient (Wildman–Crippen LogP) is 3.29. The van der Waals surface area contributed by atoms with Gasteiger partial charge in [-0.15, -0.1) is 22.7 Å². The average Bonchev–Trinajstić information content (AvgIpc) is 3.41. The highest BCUT2D eigenvalue weighted by Crippen LogP contribution is 2.28. The lowest BCUT2D eigenvalue weighted by molar-refractivity contribution is -0.135. The molecule has 8 nitrogen and oxygen atoms in total. The van der Waals surface area contributed by atoms with E-state index in [9.17, 15) is 14.4 Å². The summed E-state index contributed by atoms with van der Waals surface area (Å²) in [4.78, 5) is 44.4. The van der Waals surface area contributed by atoms with Crippen molar-refractivity contribution in [2.75, 3.05) is 26.2 Å². The highest BCUT2D eigenvalue weighted by molar-refractivity contribution is 7.20. The SMILES string of the molecule is CC(C)(C)OC(=O)NCCNC(=O)C1CCCN(C(=O)Cc2csc(-c3cccs3)n2)C1. The van der Waals surface area contributed by atoms with Crippen molar-refractivity contribution >= 4 is 40.6 Å². The van der Waals surface area contributed by atoms with Crippen LogP contribution in [0.3, 0.4) is 0 Å². The van der Waals surface area contributed by atoms with Gasteiger partial charge in [-0.25, -0.2) is 9.78 Å². The second kappa shape index (κ2) is 10.9. The number of hydrogen-bond acceptors (Lipinski definition) is 7. The van der Waals surface area contributed by atoms with Crippen molar-refractivity contribution in [3.63, 3.8) is 0 Å². The van der Waals surface area contributed by atoms with Gasteiger partial charge in [0.15, 0.2) is 0 Å². The van der Waals surface area contributed by atoms with Gasteiger partial charge in [0.1, 0.15) is 10.6 Å². The Labute approximate surface area is 196 Å². The number of nitrogens with zero attached hydrogens (tertiary/aromatic N) is 2. The molecule has 1 aliphatic rings. The molecule has 0 bridgehead atoms. The molecule has 0 aromatic carbocycles. The van der Waals surface area contributed by atoms with Crippen LogP contribution in [-0.2, 0) is 20.7 Å². The molecule has 3 amide bonds. The molecule has 10 heteroatoms. The van der Waals surface area contributed by atoms with Crippen molar-refractivity contribution in [3.8, 4) is 9.88 Å². The maximum Gasteiger partial charge on any atom is 0.407 e. The first-order chi connectivity index (χ1) is 15.2.